The van der Waals surface area contributed by atoms with Crippen LogP contribution < -0.4 is 5.32 Å². The van der Waals surface area contributed by atoms with Crippen LogP contribution in [0.5, 0.6) is 0 Å². The normalized spacial score (nSPS) is 10.1. The van der Waals surface area contributed by atoms with Gasteiger partial charge in [0.2, 0.25) is 0 Å². The summed E-state index contributed by atoms with van der Waals surface area (Å²) in [5, 5.41) is 8.67. The van der Waals surface area contributed by atoms with Crippen molar-refractivity contribution < 1.29 is 18.7 Å². The Morgan fingerprint density at radius 3 is 2.70 bits per heavy atom. The van der Waals surface area contributed by atoms with Gasteiger partial charge in [0.25, 0.3) is 5.91 Å². The second kappa shape index (κ2) is 5.96. The van der Waals surface area contributed by atoms with Gasteiger partial charge >= 0.3 is 5.97 Å². The lowest BCUT2D eigenvalue weighted by Crippen LogP contribution is -2.15. The number of aromatic nitrogens is 2. The molecule has 0 radical (unpaired) electrons. The zero-order valence-electron chi connectivity index (χ0n) is 10.6. The maximum atomic E-state index is 12.8. The lowest BCUT2D eigenvalue weighted by molar-refractivity contribution is 0.0527. The minimum absolute atomic E-state index is 0.127. The Kier molecular flexibility index (Phi) is 4.09. The Labute approximate surface area is 113 Å². The van der Waals surface area contributed by atoms with Crippen LogP contribution in [0.4, 0.5) is 10.2 Å². The molecule has 2 N–H and O–H groups in total. The molecule has 0 unspecified atom stereocenters. The number of aromatic amines is 1. The van der Waals surface area contributed by atoms with Crippen molar-refractivity contribution in [1.82, 2.24) is 10.2 Å². The van der Waals surface area contributed by atoms with Crippen molar-refractivity contribution >= 4 is 17.7 Å². The average molecular weight is 277 g/mol. The summed E-state index contributed by atoms with van der Waals surface area (Å²) in [5.41, 5.74) is 0.387. The predicted molar refractivity (Wildman–Crippen MR) is 68.9 cm³/mol. The monoisotopic (exact) mass is 277 g/mol. The summed E-state index contributed by atoms with van der Waals surface area (Å²) in [6.45, 7) is 1.89. The standard InChI is InChI=1S/C13H12FN3O3/c1-2-20-13(19)10-7-15-17-11(10)16-12(18)8-3-5-9(14)6-4-8/h3-7H,2H2,1H3,(H2,15,16,17,18). The number of carbonyl (C=O) groups excluding carboxylic acids is 2. The number of nitrogens with zero attached hydrogens (tertiary/aromatic N) is 1. The quantitative estimate of drug-likeness (QED) is 0.837. The van der Waals surface area contributed by atoms with Crippen molar-refractivity contribution in [2.45, 2.75) is 6.92 Å². The average Bonchev–Trinajstić information content (AvgIpc) is 2.88. The van der Waals surface area contributed by atoms with E-state index in [1.165, 1.54) is 30.5 Å². The number of carbonyl (C=O) groups is 2. The fourth-order valence-corrected chi connectivity index (χ4v) is 1.53. The Balaban J connectivity index is 2.14. The van der Waals surface area contributed by atoms with E-state index in [9.17, 15) is 14.0 Å². The van der Waals surface area contributed by atoms with Crippen molar-refractivity contribution in [3.63, 3.8) is 0 Å². The highest BCUT2D eigenvalue weighted by Gasteiger charge is 2.17. The summed E-state index contributed by atoms with van der Waals surface area (Å²) in [7, 11) is 0. The van der Waals surface area contributed by atoms with Gasteiger partial charge in [0.05, 0.1) is 12.8 Å². The zero-order chi connectivity index (χ0) is 14.5. The number of hydrogen-bond acceptors (Lipinski definition) is 4. The molecule has 0 fully saturated rings. The molecule has 0 aliphatic rings. The Hall–Kier alpha value is -2.70. The molecular weight excluding hydrogens is 265 g/mol. The van der Waals surface area contributed by atoms with Gasteiger partial charge in [0.1, 0.15) is 17.2 Å². The van der Waals surface area contributed by atoms with Crippen molar-refractivity contribution in [2.24, 2.45) is 0 Å². The van der Waals surface area contributed by atoms with Crippen molar-refractivity contribution in [2.75, 3.05) is 11.9 Å². The van der Waals surface area contributed by atoms with Crippen LogP contribution >= 0.6 is 0 Å². The van der Waals surface area contributed by atoms with E-state index in [4.69, 9.17) is 4.74 Å². The van der Waals surface area contributed by atoms with E-state index < -0.39 is 17.7 Å². The van der Waals surface area contributed by atoms with E-state index in [0.717, 1.165) is 0 Å². The van der Waals surface area contributed by atoms with E-state index in [-0.39, 0.29) is 23.6 Å². The van der Waals surface area contributed by atoms with Crippen molar-refractivity contribution in [3.05, 3.63) is 47.4 Å². The third-order valence-electron chi connectivity index (χ3n) is 2.48. The summed E-state index contributed by atoms with van der Waals surface area (Å²) in [4.78, 5) is 23.5. The molecule has 0 bridgehead atoms. The maximum Gasteiger partial charge on any atom is 0.343 e. The summed E-state index contributed by atoms with van der Waals surface area (Å²) < 4.78 is 17.6. The molecule has 1 aromatic carbocycles. The minimum atomic E-state index is -0.587. The smallest absolute Gasteiger partial charge is 0.343 e. The Bertz CT molecular complexity index is 622. The van der Waals surface area contributed by atoms with Gasteiger partial charge in [-0.05, 0) is 31.2 Å². The maximum absolute atomic E-state index is 12.8. The van der Waals surface area contributed by atoms with Crippen LogP contribution in [0.25, 0.3) is 0 Å². The van der Waals surface area contributed by atoms with Crippen molar-refractivity contribution in [3.8, 4) is 0 Å². The molecule has 0 atom stereocenters. The molecule has 2 aromatic rings. The Morgan fingerprint density at radius 1 is 1.35 bits per heavy atom. The highest BCUT2D eigenvalue weighted by atomic mass is 19.1. The molecule has 0 aliphatic carbocycles. The highest BCUT2D eigenvalue weighted by molar-refractivity contribution is 6.07. The lowest BCUT2D eigenvalue weighted by Gasteiger charge is -2.05. The van der Waals surface area contributed by atoms with Crippen LogP contribution in [0, 0.1) is 5.82 Å². The van der Waals surface area contributed by atoms with Crippen molar-refractivity contribution in [1.29, 1.82) is 0 Å². The second-order valence-electron chi connectivity index (χ2n) is 3.84. The SMILES string of the molecule is CCOC(=O)c1cn[nH]c1NC(=O)c1ccc(F)cc1. The van der Waals surface area contributed by atoms with Crippen LogP contribution in [0.2, 0.25) is 0 Å². The fourth-order valence-electron chi connectivity index (χ4n) is 1.53. The number of hydrogen-bond donors (Lipinski definition) is 2. The first-order valence-corrected chi connectivity index (χ1v) is 5.89. The van der Waals surface area contributed by atoms with Gasteiger partial charge in [-0.2, -0.15) is 5.10 Å². The van der Waals surface area contributed by atoms with Crippen LogP contribution in [-0.4, -0.2) is 28.7 Å². The summed E-state index contributed by atoms with van der Waals surface area (Å²) in [5.74, 6) is -1.37. The molecule has 20 heavy (non-hydrogen) atoms. The number of ether oxygens (including phenoxy) is 1. The number of rotatable bonds is 4. The molecule has 0 saturated carbocycles. The number of esters is 1. The number of anilines is 1. The molecule has 2 rings (SSSR count). The minimum Gasteiger partial charge on any atom is -0.462 e. The van der Waals surface area contributed by atoms with Crippen LogP contribution in [-0.2, 0) is 4.74 Å². The molecule has 1 amide bonds. The molecule has 104 valence electrons. The third kappa shape index (κ3) is 3.00. The fraction of sp³-hybridized carbons (Fsp3) is 0.154. The Morgan fingerprint density at radius 2 is 2.05 bits per heavy atom. The summed E-state index contributed by atoms with van der Waals surface area (Å²) in [6.07, 6.45) is 1.26. The van der Waals surface area contributed by atoms with Gasteiger partial charge in [-0.25, -0.2) is 9.18 Å². The highest BCUT2D eigenvalue weighted by Crippen LogP contribution is 2.14. The third-order valence-corrected chi connectivity index (χ3v) is 2.48. The molecule has 1 aromatic heterocycles. The van der Waals surface area contributed by atoms with E-state index in [1.54, 1.807) is 6.92 Å². The number of halogens is 1. The van der Waals surface area contributed by atoms with Gasteiger partial charge in [-0.1, -0.05) is 0 Å². The van der Waals surface area contributed by atoms with Gasteiger partial charge in [0, 0.05) is 5.56 Å². The lowest BCUT2D eigenvalue weighted by atomic mass is 10.2. The van der Waals surface area contributed by atoms with Crippen LogP contribution in [0.3, 0.4) is 0 Å². The van der Waals surface area contributed by atoms with Gasteiger partial charge in [0.15, 0.2) is 0 Å². The number of H-pyrrole nitrogens is 1. The molecule has 6 nitrogen and oxygen atoms in total. The molecular formula is C13H12FN3O3. The van der Waals surface area contributed by atoms with E-state index in [2.05, 4.69) is 15.5 Å². The topological polar surface area (TPSA) is 84.1 Å². The summed E-state index contributed by atoms with van der Waals surface area (Å²) in [6, 6.07) is 5.03. The van der Waals surface area contributed by atoms with E-state index >= 15 is 0 Å². The molecule has 0 aliphatic heterocycles. The molecule has 7 heteroatoms. The van der Waals surface area contributed by atoms with Crippen LogP contribution in [0.1, 0.15) is 27.6 Å². The van der Waals surface area contributed by atoms with E-state index in [1.807, 2.05) is 0 Å². The number of amides is 1. The van der Waals surface area contributed by atoms with Crippen LogP contribution in [0.15, 0.2) is 30.5 Å². The second-order valence-corrected chi connectivity index (χ2v) is 3.84. The summed E-state index contributed by atoms with van der Waals surface area (Å²) >= 11 is 0. The number of benzene rings is 1. The first-order chi connectivity index (χ1) is 9.61. The first-order valence-electron chi connectivity index (χ1n) is 5.89. The number of nitrogens with one attached hydrogen (secondary N) is 2. The predicted octanol–water partition coefficient (Wildman–Crippen LogP) is 1.98. The van der Waals surface area contributed by atoms with Gasteiger partial charge < -0.3 is 10.1 Å². The zero-order valence-corrected chi connectivity index (χ0v) is 10.6. The van der Waals surface area contributed by atoms with E-state index in [0.29, 0.717) is 0 Å². The van der Waals surface area contributed by atoms with Gasteiger partial charge in [-0.3, -0.25) is 9.89 Å². The molecule has 0 spiro atoms. The first kappa shape index (κ1) is 13.7. The van der Waals surface area contributed by atoms with Gasteiger partial charge in [-0.15, -0.1) is 0 Å². The molecule has 0 saturated heterocycles. The molecule has 1 heterocycles. The largest absolute Gasteiger partial charge is 0.462 e.